The molecule has 8 heteroatoms. The van der Waals surface area contributed by atoms with Crippen LogP contribution in [0.2, 0.25) is 0 Å². The summed E-state index contributed by atoms with van der Waals surface area (Å²) in [6.45, 7) is 6.18. The van der Waals surface area contributed by atoms with Crippen LogP contribution < -0.4 is 10.1 Å². The number of aromatic nitrogens is 2. The molecule has 3 aromatic carbocycles. The number of nitrogens with zero attached hydrogens (tertiary/aromatic N) is 3. The first kappa shape index (κ1) is 26.6. The van der Waals surface area contributed by atoms with Gasteiger partial charge in [-0.1, -0.05) is 26.0 Å². The second-order valence-electron chi connectivity index (χ2n) is 9.17. The van der Waals surface area contributed by atoms with Crippen LogP contribution in [0.25, 0.3) is 16.9 Å². The Kier molecular flexibility index (Phi) is 8.21. The number of carbonyl (C=O) groups is 2. The highest BCUT2D eigenvalue weighted by Gasteiger charge is 2.20. The highest BCUT2D eigenvalue weighted by Crippen LogP contribution is 2.27. The van der Waals surface area contributed by atoms with Crippen LogP contribution in [-0.2, 0) is 4.79 Å². The average Bonchev–Trinajstić information content (AvgIpc) is 3.35. The van der Waals surface area contributed by atoms with E-state index in [2.05, 4.69) is 31.3 Å². The fourth-order valence-electron chi connectivity index (χ4n) is 4.03. The van der Waals surface area contributed by atoms with Crippen molar-refractivity contribution in [2.24, 2.45) is 0 Å². The predicted octanol–water partition coefficient (Wildman–Crippen LogP) is 5.91. The molecule has 38 heavy (non-hydrogen) atoms. The number of ether oxygens (including phenoxy) is 1. The summed E-state index contributed by atoms with van der Waals surface area (Å²) in [6.07, 6.45) is 1.86. The Balaban J connectivity index is 1.61. The quantitative estimate of drug-likeness (QED) is 0.301. The lowest BCUT2D eigenvalue weighted by molar-refractivity contribution is -0.116. The molecule has 0 atom stereocenters. The van der Waals surface area contributed by atoms with E-state index in [1.54, 1.807) is 14.0 Å². The highest BCUT2D eigenvalue weighted by atomic mass is 19.1. The van der Waals surface area contributed by atoms with Crippen molar-refractivity contribution in [2.75, 3.05) is 25.5 Å². The number of nitrogens with one attached hydrogen (secondary N) is 1. The molecular weight excluding hydrogens is 483 g/mol. The number of benzene rings is 3. The molecule has 4 aromatic rings. The lowest BCUT2D eigenvalue weighted by Gasteiger charge is -2.20. The number of likely N-dealkylation sites (N-methyl/N-ethyl adjacent to an activating group) is 1. The third-order valence-electron chi connectivity index (χ3n) is 6.28. The number of halogens is 1. The van der Waals surface area contributed by atoms with Crippen molar-refractivity contribution in [3.63, 3.8) is 0 Å². The Morgan fingerprint density at radius 3 is 2.24 bits per heavy atom. The lowest BCUT2D eigenvalue weighted by Crippen LogP contribution is -2.38. The van der Waals surface area contributed by atoms with Gasteiger partial charge in [0, 0.05) is 29.6 Å². The van der Waals surface area contributed by atoms with Gasteiger partial charge in [-0.25, -0.2) is 9.37 Å². The van der Waals surface area contributed by atoms with Crippen molar-refractivity contribution in [3.8, 4) is 22.7 Å². The largest absolute Gasteiger partial charge is 0.497 e. The van der Waals surface area contributed by atoms with Crippen LogP contribution in [0.15, 0.2) is 79.0 Å². The van der Waals surface area contributed by atoms with Crippen molar-refractivity contribution < 1.29 is 18.7 Å². The standard InChI is InChI=1S/C30H31FN4O3/c1-5-34(29(37)23-6-12-24(31)13-7-23)19-28(36)33-30-32-27(22-10-16-26(38-4)17-11-22)18-35(30)25-14-8-21(9-15-25)20(2)3/h6-18,20H,5,19H2,1-4H3,(H,32,33,36). The molecule has 0 radical (unpaired) electrons. The van der Waals surface area contributed by atoms with E-state index in [9.17, 15) is 14.0 Å². The smallest absolute Gasteiger partial charge is 0.254 e. The zero-order valence-corrected chi connectivity index (χ0v) is 21.9. The molecule has 0 aliphatic rings. The molecule has 0 saturated heterocycles. The van der Waals surface area contributed by atoms with E-state index in [0.717, 1.165) is 17.0 Å². The van der Waals surface area contributed by atoms with Crippen LogP contribution in [-0.4, -0.2) is 46.5 Å². The van der Waals surface area contributed by atoms with Crippen molar-refractivity contribution >= 4 is 17.8 Å². The van der Waals surface area contributed by atoms with E-state index in [4.69, 9.17) is 9.72 Å². The van der Waals surface area contributed by atoms with E-state index in [-0.39, 0.29) is 12.5 Å². The predicted molar refractivity (Wildman–Crippen MR) is 146 cm³/mol. The van der Waals surface area contributed by atoms with E-state index in [1.807, 2.05) is 47.2 Å². The maximum atomic E-state index is 13.3. The minimum absolute atomic E-state index is 0.177. The highest BCUT2D eigenvalue weighted by molar-refractivity contribution is 5.99. The first-order valence-electron chi connectivity index (χ1n) is 12.5. The molecule has 1 heterocycles. The van der Waals surface area contributed by atoms with Gasteiger partial charge in [0.15, 0.2) is 0 Å². The number of hydrogen-bond acceptors (Lipinski definition) is 4. The SMILES string of the molecule is CCN(CC(=O)Nc1nc(-c2ccc(OC)cc2)cn1-c1ccc(C(C)C)cc1)C(=O)c1ccc(F)cc1. The molecule has 4 rings (SSSR count). The van der Waals surface area contributed by atoms with Crippen LogP contribution in [0.4, 0.5) is 10.3 Å². The van der Waals surface area contributed by atoms with E-state index in [1.165, 1.54) is 34.7 Å². The Morgan fingerprint density at radius 2 is 1.66 bits per heavy atom. The van der Waals surface area contributed by atoms with E-state index >= 15 is 0 Å². The van der Waals surface area contributed by atoms with Gasteiger partial charge in [-0.05, 0) is 79.1 Å². The van der Waals surface area contributed by atoms with Gasteiger partial charge in [-0.15, -0.1) is 0 Å². The molecule has 0 fully saturated rings. The fraction of sp³-hybridized carbons (Fsp3) is 0.233. The van der Waals surface area contributed by atoms with Gasteiger partial charge in [0.25, 0.3) is 5.91 Å². The maximum Gasteiger partial charge on any atom is 0.254 e. The van der Waals surface area contributed by atoms with Gasteiger partial charge in [-0.2, -0.15) is 0 Å². The summed E-state index contributed by atoms with van der Waals surface area (Å²) in [6, 6.07) is 20.9. The second kappa shape index (κ2) is 11.7. The summed E-state index contributed by atoms with van der Waals surface area (Å²) in [5, 5.41) is 2.87. The minimum Gasteiger partial charge on any atom is -0.497 e. The first-order valence-corrected chi connectivity index (χ1v) is 12.5. The van der Waals surface area contributed by atoms with Crippen LogP contribution >= 0.6 is 0 Å². The van der Waals surface area contributed by atoms with Crippen molar-refractivity contribution in [3.05, 3.63) is 95.9 Å². The molecule has 2 amide bonds. The molecular formula is C30H31FN4O3. The van der Waals surface area contributed by atoms with Crippen molar-refractivity contribution in [1.29, 1.82) is 0 Å². The Hall–Kier alpha value is -4.46. The van der Waals surface area contributed by atoms with Gasteiger partial charge < -0.3 is 9.64 Å². The molecule has 0 aliphatic carbocycles. The molecule has 0 aliphatic heterocycles. The van der Waals surface area contributed by atoms with Gasteiger partial charge in [0.1, 0.15) is 18.1 Å². The number of hydrogen-bond donors (Lipinski definition) is 1. The van der Waals surface area contributed by atoms with Crippen LogP contribution in [0.5, 0.6) is 5.75 Å². The van der Waals surface area contributed by atoms with Crippen molar-refractivity contribution in [1.82, 2.24) is 14.5 Å². The molecule has 0 bridgehead atoms. The number of carbonyl (C=O) groups excluding carboxylic acids is 2. The van der Waals surface area contributed by atoms with Crippen molar-refractivity contribution in [2.45, 2.75) is 26.7 Å². The monoisotopic (exact) mass is 514 g/mol. The fourth-order valence-corrected chi connectivity index (χ4v) is 4.03. The second-order valence-corrected chi connectivity index (χ2v) is 9.17. The molecule has 0 spiro atoms. The van der Waals surface area contributed by atoms with Gasteiger partial charge in [0.2, 0.25) is 11.9 Å². The molecule has 196 valence electrons. The number of imidazole rings is 1. The lowest BCUT2D eigenvalue weighted by atomic mass is 10.0. The van der Waals surface area contributed by atoms with Gasteiger partial charge >= 0.3 is 0 Å². The Bertz CT molecular complexity index is 1400. The third kappa shape index (κ3) is 6.08. The van der Waals surface area contributed by atoms with E-state index < -0.39 is 11.7 Å². The number of rotatable bonds is 9. The summed E-state index contributed by atoms with van der Waals surface area (Å²) >= 11 is 0. The zero-order valence-electron chi connectivity index (χ0n) is 21.9. The summed E-state index contributed by atoms with van der Waals surface area (Å²) in [5.74, 6) is 0.283. The van der Waals surface area contributed by atoms with Crippen LogP contribution in [0.3, 0.4) is 0 Å². The molecule has 7 nitrogen and oxygen atoms in total. The summed E-state index contributed by atoms with van der Waals surface area (Å²) in [7, 11) is 1.61. The van der Waals surface area contributed by atoms with Gasteiger partial charge in [0.05, 0.1) is 12.8 Å². The maximum absolute atomic E-state index is 13.3. The van der Waals surface area contributed by atoms with Gasteiger partial charge in [-0.3, -0.25) is 19.5 Å². The Labute approximate surface area is 221 Å². The van der Waals surface area contributed by atoms with Crippen LogP contribution in [0, 0.1) is 5.82 Å². The van der Waals surface area contributed by atoms with Crippen LogP contribution in [0.1, 0.15) is 42.6 Å². The summed E-state index contributed by atoms with van der Waals surface area (Å²) < 4.78 is 20.4. The third-order valence-corrected chi connectivity index (χ3v) is 6.28. The molecule has 0 unspecified atom stereocenters. The number of anilines is 1. The molecule has 1 aromatic heterocycles. The Morgan fingerprint density at radius 1 is 1.00 bits per heavy atom. The zero-order chi connectivity index (χ0) is 27.2. The summed E-state index contributed by atoms with van der Waals surface area (Å²) in [5.41, 5.74) is 3.89. The molecule has 1 N–H and O–H groups in total. The normalized spacial score (nSPS) is 10.9. The molecule has 0 saturated carbocycles. The minimum atomic E-state index is -0.428. The first-order chi connectivity index (χ1) is 18.3. The topological polar surface area (TPSA) is 76.5 Å². The summed E-state index contributed by atoms with van der Waals surface area (Å²) in [4.78, 5) is 32.1. The number of methoxy groups -OCH3 is 1. The number of amides is 2. The van der Waals surface area contributed by atoms with E-state index in [0.29, 0.717) is 29.7 Å². The average molecular weight is 515 g/mol.